The third-order valence-electron chi connectivity index (χ3n) is 29.4. The molecule has 4 heterocycles. The molecule has 0 radical (unpaired) electrons. The highest BCUT2D eigenvalue weighted by molar-refractivity contribution is 6.39. The average Bonchev–Trinajstić information content (AvgIpc) is 1.48. The minimum Gasteiger partial charge on any atom is -0.477 e. The fourth-order valence-corrected chi connectivity index (χ4v) is 24.3. The summed E-state index contributed by atoms with van der Waals surface area (Å²) >= 11 is 13.9. The Morgan fingerprint density at radius 3 is 1.43 bits per heavy atom. The molecule has 21 nitrogen and oxygen atoms in total. The van der Waals surface area contributed by atoms with E-state index in [0.29, 0.717) is 87.2 Å². The SMILES string of the molecule is C[C@]12C=CC(=O)C=C1CC[C@@H]1[C@@H]2[C@@H](O)C[C@@]2(C)[C@H]1CC[C@]2(O)C(=O)CO.Cc1c(F)c(N2CCCC[C@@H](N)C2)c(Cl)c2c1c(=O)c(C(=O)O)c(C)n2C1CC1.Cc1c(F)c(N2CCCC[C@@H](NCCC(=O)[C@@]3(O)CC[C@H]4[C@@H]5CCC6=CC(=O)C=C[C@]6(C)C5[C@@H](O)C[C@@]43C)C2)c(Cl)c2c1c(=O)c(C(=O)O)c(C)n2C1CC1. The first-order valence-electron chi connectivity index (χ1n) is 39.9. The molecule has 2 saturated heterocycles. The summed E-state index contributed by atoms with van der Waals surface area (Å²) in [5, 5.41) is 79.1. The van der Waals surface area contributed by atoms with Gasteiger partial charge < -0.3 is 65.7 Å². The molecule has 0 amide bonds. The van der Waals surface area contributed by atoms with Gasteiger partial charge in [0.05, 0.1) is 55.4 Å². The summed E-state index contributed by atoms with van der Waals surface area (Å²) in [6, 6.07) is -0.138. The van der Waals surface area contributed by atoms with Crippen molar-refractivity contribution in [2.24, 2.45) is 62.9 Å². The molecule has 8 saturated carbocycles. The van der Waals surface area contributed by atoms with Crippen LogP contribution in [0, 0.1) is 96.5 Å². The Labute approximate surface area is 649 Å². The predicted molar refractivity (Wildman–Crippen MR) is 415 cm³/mol. The van der Waals surface area contributed by atoms with Crippen LogP contribution < -0.4 is 31.7 Å². The normalized spacial score (nSPS) is 34.4. The van der Waals surface area contributed by atoms with Crippen molar-refractivity contribution in [1.29, 1.82) is 0 Å². The largest absolute Gasteiger partial charge is 0.477 e. The van der Waals surface area contributed by atoms with Gasteiger partial charge in [-0.1, -0.05) is 87.0 Å². The number of ketones is 4. The summed E-state index contributed by atoms with van der Waals surface area (Å²) in [7, 11) is 0. The van der Waals surface area contributed by atoms with Gasteiger partial charge in [-0.2, -0.15) is 0 Å². The topological polar surface area (TPSA) is 333 Å². The zero-order chi connectivity index (χ0) is 79.3. The number of nitrogens with two attached hydrogens (primary N) is 1. The highest BCUT2D eigenvalue weighted by Gasteiger charge is 2.70. The van der Waals surface area contributed by atoms with E-state index in [1.807, 2.05) is 44.9 Å². The number of carboxylic acids is 2. The zero-order valence-corrected chi connectivity index (χ0v) is 65.8. The number of halogens is 4. The molecule has 12 aliphatic rings. The van der Waals surface area contributed by atoms with Gasteiger partial charge in [-0.3, -0.25) is 28.8 Å². The monoisotopic (exact) mass is 1560 g/mol. The number of carbonyl (C=O) groups excluding carboxylic acids is 4. The molecule has 0 spiro atoms. The summed E-state index contributed by atoms with van der Waals surface area (Å²) in [5.74, 6) is -4.20. The third kappa shape index (κ3) is 12.7. The van der Waals surface area contributed by atoms with E-state index in [0.717, 1.165) is 107 Å². The average molecular weight is 1560 g/mol. The van der Waals surface area contributed by atoms with Crippen LogP contribution in [0.15, 0.2) is 57.2 Å². The third-order valence-corrected chi connectivity index (χ3v) is 30.1. The number of rotatable bonds is 13. The van der Waals surface area contributed by atoms with Gasteiger partial charge in [0.15, 0.2) is 34.8 Å². The second kappa shape index (κ2) is 29.2. The second-order valence-corrected chi connectivity index (χ2v) is 36.1. The molecule has 110 heavy (non-hydrogen) atoms. The summed E-state index contributed by atoms with van der Waals surface area (Å²) in [4.78, 5) is 105. The number of pyridine rings is 2. The van der Waals surface area contributed by atoms with Crippen LogP contribution in [0.3, 0.4) is 0 Å². The first-order chi connectivity index (χ1) is 51.9. The van der Waals surface area contributed by atoms with Crippen LogP contribution in [0.1, 0.15) is 218 Å². The van der Waals surface area contributed by atoms with Crippen LogP contribution in [0.5, 0.6) is 0 Å². The quantitative estimate of drug-likeness (QED) is 0.0600. The van der Waals surface area contributed by atoms with Crippen LogP contribution in [0.4, 0.5) is 20.2 Å². The van der Waals surface area contributed by atoms with E-state index in [4.69, 9.17) is 28.9 Å². The number of hydrogen-bond acceptors (Lipinski definition) is 17. The van der Waals surface area contributed by atoms with Gasteiger partial charge in [-0.15, -0.1) is 0 Å². The fourth-order valence-electron chi connectivity index (χ4n) is 23.6. The maximum absolute atomic E-state index is 16.4. The lowest BCUT2D eigenvalue weighted by molar-refractivity contribution is -0.178. The number of aliphatic hydroxyl groups is 5. The fraction of sp³-hybridized carbons (Fsp3) is 0.624. The number of benzene rings is 2. The van der Waals surface area contributed by atoms with Gasteiger partial charge in [0.25, 0.3) is 0 Å². The molecular formula is C85H106Cl2F2N6O15. The lowest BCUT2D eigenvalue weighted by Gasteiger charge is -2.59. The molecule has 4 aromatic rings. The standard InChI is InChI=1S/C43H53ClFN3O7.C21H25ClFN3O3.C21H28O5/c1-22-32-37(48(26-9-10-26)23(2)33(39(32)52)40(53)54)35(44)38(36(22)45)47-18-6-5-7-25(21-47)46-17-14-31(51)43(55)16-13-29-28-11-8-24-19-27(49)12-15-41(24,3)34(28)30(50)20-42(29,43)4;1-10-14-18(26(13-6-7-13)11(2)15(20(14)27)21(28)29)16(22)19(17(10)23)25-8-4-3-5-12(24)9-25;1-19-7-5-13(23)9-12(19)3-4-14-15-6-8-21(26,17(25)11-22)20(15,2)10-16(24)18(14)19/h12,15,19,25-26,28-30,34,46,50,55H,5-11,13-14,16-18,20-21H2,1-4H3,(H,53,54);12-13H,3-9,24H2,1-2H3,(H,28,29);5,7,9,14-16,18,22,24,26H,3-4,6,8,10-11H2,1-2H3/t25-,28+,29+,30+,34?,41+,42+,43+;12-;14-,15-,16-,18+,19-,20-,21-/m110/s1. The summed E-state index contributed by atoms with van der Waals surface area (Å²) < 4.78 is 35.6. The van der Waals surface area contributed by atoms with Crippen LogP contribution in [0.25, 0.3) is 21.8 Å². The summed E-state index contributed by atoms with van der Waals surface area (Å²) in [6.07, 6.45) is 23.9. The second-order valence-electron chi connectivity index (χ2n) is 35.3. The molecule has 10 aliphatic carbocycles. The Morgan fingerprint density at radius 1 is 0.591 bits per heavy atom. The van der Waals surface area contributed by atoms with Crippen molar-refractivity contribution >= 4 is 91.5 Å². The molecule has 16 rings (SSSR count). The molecule has 2 aliphatic heterocycles. The number of nitrogens with one attached hydrogen (secondary N) is 1. The van der Waals surface area contributed by atoms with Gasteiger partial charge in [-0.05, 0) is 191 Å². The first-order valence-corrected chi connectivity index (χ1v) is 40.6. The van der Waals surface area contributed by atoms with Crippen LogP contribution >= 0.6 is 23.2 Å². The maximum atomic E-state index is 16.4. The van der Waals surface area contributed by atoms with E-state index in [-0.39, 0.29) is 143 Å². The molecular weight excluding hydrogens is 1450 g/mol. The predicted octanol–water partition coefficient (Wildman–Crippen LogP) is 11.7. The number of carbonyl (C=O) groups is 6. The number of carboxylic acid groups (broad SMARTS) is 2. The highest BCUT2D eigenvalue weighted by Crippen LogP contribution is 2.69. The van der Waals surface area contributed by atoms with E-state index in [9.17, 15) is 74.1 Å². The lowest BCUT2D eigenvalue weighted by atomic mass is 9.46. The number of allylic oxidation sites excluding steroid dienone is 8. The zero-order valence-electron chi connectivity index (χ0n) is 64.3. The number of nitrogens with zero attached hydrogens (tertiary/aromatic N) is 4. The Kier molecular flexibility index (Phi) is 21.2. The Hall–Kier alpha value is -6.80. The van der Waals surface area contributed by atoms with Gasteiger partial charge in [-0.25, -0.2) is 18.4 Å². The number of fused-ring (bicyclic) bond motifs is 12. The van der Waals surface area contributed by atoms with Gasteiger partial charge >= 0.3 is 11.9 Å². The van der Waals surface area contributed by atoms with Crippen molar-refractivity contribution < 1.29 is 73.3 Å². The number of aryl methyl sites for hydroxylation is 2. The molecule has 10 fully saturated rings. The smallest absolute Gasteiger partial charge is 0.341 e. The Balaban J connectivity index is 0.000000153. The molecule has 2 aromatic heterocycles. The molecule has 594 valence electrons. The first kappa shape index (κ1) is 79.8. The van der Waals surface area contributed by atoms with Crippen LogP contribution in [-0.2, 0) is 19.2 Å². The minimum atomic E-state index is -1.56. The molecule has 25 heteroatoms. The van der Waals surface area contributed by atoms with E-state index >= 15 is 8.78 Å². The van der Waals surface area contributed by atoms with Crippen molar-refractivity contribution in [1.82, 2.24) is 14.5 Å². The van der Waals surface area contributed by atoms with Crippen molar-refractivity contribution in [2.45, 2.75) is 238 Å². The van der Waals surface area contributed by atoms with Gasteiger partial charge in [0.1, 0.15) is 28.9 Å². The van der Waals surface area contributed by atoms with Crippen molar-refractivity contribution in [3.8, 4) is 0 Å². The number of aromatic nitrogens is 2. The van der Waals surface area contributed by atoms with Gasteiger partial charge in [0.2, 0.25) is 10.9 Å². The lowest BCUT2D eigenvalue weighted by Crippen LogP contribution is -2.61. The molecule has 16 atom stereocenters. The van der Waals surface area contributed by atoms with Crippen molar-refractivity contribution in [3.05, 3.63) is 123 Å². The number of aromatic carboxylic acids is 2. The van der Waals surface area contributed by atoms with E-state index < -0.39 is 86.5 Å². The minimum absolute atomic E-state index is 0.00697. The molecule has 2 aromatic carbocycles. The number of anilines is 2. The summed E-state index contributed by atoms with van der Waals surface area (Å²) in [5.41, 5.74) is 3.05. The summed E-state index contributed by atoms with van der Waals surface area (Å²) in [6.45, 7) is 16.1. The molecule has 0 bridgehead atoms. The van der Waals surface area contributed by atoms with Gasteiger partial charge in [0, 0.05) is 119 Å². The Morgan fingerprint density at radius 2 is 1.01 bits per heavy atom. The molecule has 1 unspecified atom stereocenters. The van der Waals surface area contributed by atoms with E-state index in [1.54, 1.807) is 38.2 Å². The van der Waals surface area contributed by atoms with Crippen molar-refractivity contribution in [2.75, 3.05) is 49.1 Å². The number of aliphatic hydroxyl groups excluding tert-OH is 3. The maximum Gasteiger partial charge on any atom is 0.341 e. The number of hydrogen-bond donors (Lipinski definition) is 9. The van der Waals surface area contributed by atoms with Crippen LogP contribution in [0.2, 0.25) is 10.0 Å². The van der Waals surface area contributed by atoms with E-state index in [1.165, 1.54) is 13.8 Å². The van der Waals surface area contributed by atoms with E-state index in [2.05, 4.69) is 19.2 Å². The Bertz CT molecular complexity index is 4810. The highest BCUT2D eigenvalue weighted by atomic mass is 35.5. The van der Waals surface area contributed by atoms with Crippen molar-refractivity contribution in [3.63, 3.8) is 0 Å². The molecule has 10 N–H and O–H groups in total. The van der Waals surface area contributed by atoms with Crippen LogP contribution in [-0.4, -0.2) is 155 Å². The number of Topliss-reactive ketones (excluding diaryl/α,β-unsaturated/α-hetero) is 2.